The molecule has 0 fully saturated rings. The van der Waals surface area contributed by atoms with Crippen LogP contribution >= 0.6 is 0 Å². The van der Waals surface area contributed by atoms with E-state index in [0.717, 1.165) is 11.1 Å². The van der Waals surface area contributed by atoms with Gasteiger partial charge in [0.2, 0.25) is 0 Å². The minimum atomic E-state index is 0.209. The lowest BCUT2D eigenvalue weighted by Crippen LogP contribution is -2.23. The molecule has 0 atom stereocenters. The van der Waals surface area contributed by atoms with Crippen LogP contribution in [-0.2, 0) is 0 Å². The molecule has 0 spiro atoms. The van der Waals surface area contributed by atoms with Gasteiger partial charge in [0.15, 0.2) is 5.84 Å². The predicted molar refractivity (Wildman–Crippen MR) is 76.0 cm³/mol. The van der Waals surface area contributed by atoms with Gasteiger partial charge in [0.05, 0.1) is 0 Å². The summed E-state index contributed by atoms with van der Waals surface area (Å²) in [6, 6.07) is 12.3. The Hall–Kier alpha value is -2.73. The zero-order valence-electron chi connectivity index (χ0n) is 10.2. The number of rotatable bonds is 3. The number of nitrogens with zero attached hydrogens (tertiary/aromatic N) is 1. The molecule has 2 rings (SSSR count). The number of aromatic hydroxyl groups is 1. The van der Waals surface area contributed by atoms with E-state index in [1.807, 2.05) is 12.1 Å². The lowest BCUT2D eigenvalue weighted by atomic mass is 10.0. The minimum Gasteiger partial charge on any atom is -0.508 e. The Balaban J connectivity index is 2.46. The highest BCUT2D eigenvalue weighted by Gasteiger charge is 2.07. The van der Waals surface area contributed by atoms with E-state index < -0.39 is 0 Å². The monoisotopic (exact) mass is 257 g/mol. The fourth-order valence-corrected chi connectivity index (χ4v) is 1.74. The first-order valence-corrected chi connectivity index (χ1v) is 5.60. The van der Waals surface area contributed by atoms with Crippen molar-refractivity contribution < 1.29 is 5.11 Å². The Morgan fingerprint density at radius 1 is 1.05 bits per heavy atom. The summed E-state index contributed by atoms with van der Waals surface area (Å²) in [6.45, 7) is 0. The van der Waals surface area contributed by atoms with Crippen LogP contribution in [-0.4, -0.2) is 10.9 Å². The van der Waals surface area contributed by atoms with Crippen LogP contribution in [0.25, 0.3) is 11.1 Å². The van der Waals surface area contributed by atoms with Crippen LogP contribution < -0.4 is 22.8 Å². The Labute approximate surface area is 110 Å². The number of nitrogens with two attached hydrogens (primary N) is 3. The normalized spacial score (nSPS) is 11.3. The van der Waals surface area contributed by atoms with E-state index in [0.29, 0.717) is 11.3 Å². The molecule has 0 unspecified atom stereocenters. The third-order valence-electron chi connectivity index (χ3n) is 2.71. The van der Waals surface area contributed by atoms with Gasteiger partial charge in [0.25, 0.3) is 0 Å². The average Bonchev–Trinajstić information content (AvgIpc) is 2.40. The molecule has 0 aliphatic rings. The molecule has 0 amide bonds. The first-order valence-electron chi connectivity index (χ1n) is 5.60. The highest BCUT2D eigenvalue weighted by atomic mass is 16.3. The van der Waals surface area contributed by atoms with Crippen LogP contribution in [0.5, 0.6) is 5.75 Å². The third kappa shape index (κ3) is 2.75. The third-order valence-corrected chi connectivity index (χ3v) is 2.71. The lowest BCUT2D eigenvalue weighted by molar-refractivity contribution is 0.475. The van der Waals surface area contributed by atoms with Gasteiger partial charge in [-0.3, -0.25) is 0 Å². The standard InChI is InChI=1S/C13H15N5O/c14-12-6-3-9(7-11(12)13(15)17-18-16)8-1-4-10(19)5-2-8/h1-7,18-19H,14,16H2,(H2,15,17). The molecule has 0 saturated carbocycles. The van der Waals surface area contributed by atoms with Gasteiger partial charge in [-0.2, -0.15) is 0 Å². The van der Waals surface area contributed by atoms with Crippen molar-refractivity contribution in [1.29, 1.82) is 0 Å². The van der Waals surface area contributed by atoms with Crippen molar-refractivity contribution in [1.82, 2.24) is 5.53 Å². The van der Waals surface area contributed by atoms with Gasteiger partial charge >= 0.3 is 0 Å². The molecule has 0 aliphatic heterocycles. The summed E-state index contributed by atoms with van der Waals surface area (Å²) in [7, 11) is 0. The molecule has 98 valence electrons. The van der Waals surface area contributed by atoms with Gasteiger partial charge < -0.3 is 16.6 Å². The molecule has 2 aromatic rings. The Morgan fingerprint density at radius 2 is 1.68 bits per heavy atom. The summed E-state index contributed by atoms with van der Waals surface area (Å²) in [4.78, 5) is 0. The fraction of sp³-hybridized carbons (Fsp3) is 0. The minimum absolute atomic E-state index is 0.209. The van der Waals surface area contributed by atoms with E-state index >= 15 is 0 Å². The van der Waals surface area contributed by atoms with Gasteiger partial charge in [-0.1, -0.05) is 18.2 Å². The largest absolute Gasteiger partial charge is 0.508 e. The number of phenols is 1. The first-order chi connectivity index (χ1) is 9.11. The van der Waals surface area contributed by atoms with Gasteiger partial charge in [-0.25, -0.2) is 11.4 Å². The van der Waals surface area contributed by atoms with Crippen molar-refractivity contribution in [2.75, 3.05) is 5.73 Å². The van der Waals surface area contributed by atoms with Crippen LogP contribution in [0.15, 0.2) is 47.6 Å². The zero-order valence-corrected chi connectivity index (χ0v) is 10.2. The molecule has 2 aromatic carbocycles. The number of hydrogen-bond acceptors (Lipinski definition) is 5. The molecule has 19 heavy (non-hydrogen) atoms. The van der Waals surface area contributed by atoms with Crippen molar-refractivity contribution in [3.05, 3.63) is 48.0 Å². The number of phenolic OH excluding ortho intramolecular Hbond substituents is 1. The number of nitrogen functional groups attached to an aromatic ring is 1. The smallest absolute Gasteiger partial charge is 0.154 e. The SMILES string of the molecule is NN/N=C(\N)c1cc(-c2ccc(O)cc2)ccc1N. The summed E-state index contributed by atoms with van der Waals surface area (Å²) in [5, 5.41) is 13.0. The summed E-state index contributed by atoms with van der Waals surface area (Å²) < 4.78 is 0. The maximum atomic E-state index is 9.28. The molecule has 0 heterocycles. The molecular weight excluding hydrogens is 242 g/mol. The van der Waals surface area contributed by atoms with Gasteiger partial charge in [-0.05, 0) is 35.4 Å². The number of hydrogen-bond donors (Lipinski definition) is 5. The second-order valence-corrected chi connectivity index (χ2v) is 3.98. The quantitative estimate of drug-likeness (QED) is 0.182. The number of amidine groups is 1. The molecule has 0 radical (unpaired) electrons. The van der Waals surface area contributed by atoms with Gasteiger partial charge in [0.1, 0.15) is 5.75 Å². The second-order valence-electron chi connectivity index (χ2n) is 3.98. The molecule has 0 saturated heterocycles. The Bertz CT molecular complexity index is 607. The number of hydrazone groups is 1. The van der Waals surface area contributed by atoms with Crippen LogP contribution in [0.4, 0.5) is 5.69 Å². The maximum Gasteiger partial charge on any atom is 0.154 e. The molecular formula is C13H15N5O. The average molecular weight is 257 g/mol. The van der Waals surface area contributed by atoms with E-state index in [-0.39, 0.29) is 11.6 Å². The van der Waals surface area contributed by atoms with E-state index in [1.165, 1.54) is 0 Å². The van der Waals surface area contributed by atoms with Crippen LogP contribution in [0, 0.1) is 0 Å². The topological polar surface area (TPSA) is 123 Å². The van der Waals surface area contributed by atoms with Crippen LogP contribution in [0.3, 0.4) is 0 Å². The Kier molecular flexibility index (Phi) is 3.53. The molecule has 0 aromatic heterocycles. The molecule has 0 bridgehead atoms. The van der Waals surface area contributed by atoms with Crippen molar-refractivity contribution in [3.63, 3.8) is 0 Å². The summed E-state index contributed by atoms with van der Waals surface area (Å²) in [6.07, 6.45) is 0. The van der Waals surface area contributed by atoms with Gasteiger partial charge in [0, 0.05) is 11.3 Å². The zero-order chi connectivity index (χ0) is 13.8. The highest BCUT2D eigenvalue weighted by Crippen LogP contribution is 2.25. The summed E-state index contributed by atoms with van der Waals surface area (Å²) in [5.41, 5.74) is 16.7. The maximum absolute atomic E-state index is 9.28. The molecule has 6 nitrogen and oxygen atoms in total. The number of hydrazine groups is 1. The fourth-order valence-electron chi connectivity index (χ4n) is 1.74. The van der Waals surface area contributed by atoms with Crippen molar-refractivity contribution in [2.45, 2.75) is 0 Å². The number of anilines is 1. The van der Waals surface area contributed by atoms with E-state index in [2.05, 4.69) is 10.6 Å². The molecule has 8 N–H and O–H groups in total. The van der Waals surface area contributed by atoms with Crippen LogP contribution in [0.2, 0.25) is 0 Å². The predicted octanol–water partition coefficient (Wildman–Crippen LogP) is 0.725. The first kappa shape index (κ1) is 12.7. The molecule has 0 aliphatic carbocycles. The number of nitrogens with one attached hydrogen (secondary N) is 1. The van der Waals surface area contributed by atoms with E-state index in [4.69, 9.17) is 17.3 Å². The van der Waals surface area contributed by atoms with Crippen LogP contribution in [0.1, 0.15) is 5.56 Å². The van der Waals surface area contributed by atoms with Gasteiger partial charge in [-0.15, -0.1) is 5.10 Å². The van der Waals surface area contributed by atoms with E-state index in [1.54, 1.807) is 30.3 Å². The van der Waals surface area contributed by atoms with Crippen molar-refractivity contribution in [3.8, 4) is 16.9 Å². The highest BCUT2D eigenvalue weighted by molar-refractivity contribution is 6.02. The molecule has 6 heteroatoms. The lowest BCUT2D eigenvalue weighted by Gasteiger charge is -2.08. The second kappa shape index (κ2) is 5.28. The summed E-state index contributed by atoms with van der Waals surface area (Å²) in [5.74, 6) is 5.52. The Morgan fingerprint density at radius 3 is 2.32 bits per heavy atom. The number of benzene rings is 2. The van der Waals surface area contributed by atoms with Crippen molar-refractivity contribution in [2.24, 2.45) is 16.7 Å². The summed E-state index contributed by atoms with van der Waals surface area (Å²) >= 11 is 0. The van der Waals surface area contributed by atoms with Crippen molar-refractivity contribution >= 4 is 11.5 Å². The van der Waals surface area contributed by atoms with E-state index in [9.17, 15) is 5.11 Å².